The Morgan fingerprint density at radius 1 is 0.559 bits per heavy atom. The Bertz CT molecular complexity index is 2690. The number of hydrogen-bond acceptors (Lipinski definition) is 17. The fraction of sp³-hybridized carbons (Fsp3) is 0.250. The van der Waals surface area contributed by atoms with Crippen molar-refractivity contribution in [1.82, 2.24) is 0 Å². The molecule has 68 heavy (non-hydrogen) atoms. The lowest BCUT2D eigenvalue weighted by Crippen LogP contribution is -2.25. The summed E-state index contributed by atoms with van der Waals surface area (Å²) >= 11 is 0. The molecule has 0 radical (unpaired) electrons. The minimum absolute atomic E-state index is 0.00555. The van der Waals surface area contributed by atoms with Gasteiger partial charge in [0.1, 0.15) is 11.4 Å². The van der Waals surface area contributed by atoms with Gasteiger partial charge in [-0.05, 0) is 106 Å². The molecule has 352 valence electrons. The summed E-state index contributed by atoms with van der Waals surface area (Å²) < 4.78 is 10.6. The number of methoxy groups -OCH3 is 2. The number of ether oxygens (including phenoxy) is 2. The van der Waals surface area contributed by atoms with Crippen molar-refractivity contribution >= 4 is 62.6 Å². The van der Waals surface area contributed by atoms with Crippen LogP contribution in [0.4, 0.5) is 62.6 Å². The highest BCUT2D eigenvalue weighted by Gasteiger charge is 2.17. The van der Waals surface area contributed by atoms with Crippen LogP contribution in [0.15, 0.2) is 158 Å². The number of diazo groups is 1. The lowest BCUT2D eigenvalue weighted by atomic mass is 10.1. The van der Waals surface area contributed by atoms with Crippen molar-refractivity contribution in [3.05, 3.63) is 164 Å². The number of non-ortho nitro benzene ring substituents is 2. The molecule has 0 spiro atoms. The Kier molecular flexibility index (Phi) is 20.7. The van der Waals surface area contributed by atoms with Crippen LogP contribution in [0.5, 0.6) is 11.5 Å². The van der Waals surface area contributed by atoms with Gasteiger partial charge in [-0.2, -0.15) is 25.6 Å². The minimum atomic E-state index is -0.479. The first-order valence-corrected chi connectivity index (χ1v) is 21.2. The van der Waals surface area contributed by atoms with E-state index in [0.29, 0.717) is 64.4 Å². The maximum absolute atomic E-state index is 10.8. The van der Waals surface area contributed by atoms with E-state index >= 15 is 0 Å². The predicted octanol–water partition coefficient (Wildman–Crippen LogP) is 12.9. The molecule has 0 aliphatic carbocycles. The van der Waals surface area contributed by atoms with Crippen LogP contribution in [-0.2, 0) is 0 Å². The van der Waals surface area contributed by atoms with Gasteiger partial charge in [-0.25, -0.2) is 0 Å². The van der Waals surface area contributed by atoms with Gasteiger partial charge in [0, 0.05) is 80.0 Å². The lowest BCUT2D eigenvalue weighted by Gasteiger charge is -2.21. The average molecular weight is 926 g/mol. The summed E-state index contributed by atoms with van der Waals surface area (Å²) in [5.74, 6) is 0.856. The molecular weight excluding hydrogens is 873 g/mol. The first-order chi connectivity index (χ1) is 32.9. The summed E-state index contributed by atoms with van der Waals surface area (Å²) in [5, 5.41) is 73.4. The molecule has 6 rings (SSSR count). The van der Waals surface area contributed by atoms with Crippen molar-refractivity contribution in [1.29, 1.82) is 5.39 Å². The number of aliphatic hydroxyl groups excluding tert-OH is 2. The largest absolute Gasteiger partial charge is 0.494 e. The van der Waals surface area contributed by atoms with E-state index in [4.69, 9.17) is 20.0 Å². The zero-order valence-corrected chi connectivity index (χ0v) is 38.6. The second kappa shape index (κ2) is 27.1. The summed E-state index contributed by atoms with van der Waals surface area (Å²) in [6.07, 6.45) is 0. The molecule has 0 fully saturated rings. The third-order valence-corrected chi connectivity index (χ3v) is 9.88. The number of para-hydroxylation sites is 1. The highest BCUT2D eigenvalue weighted by Crippen LogP contribution is 2.38. The summed E-state index contributed by atoms with van der Waals surface area (Å²) in [4.78, 5) is 27.7. The van der Waals surface area contributed by atoms with E-state index in [2.05, 4.69) is 64.5 Å². The smallest absolute Gasteiger partial charge is 0.426 e. The number of anilines is 2. The van der Waals surface area contributed by atoms with E-state index in [0.717, 1.165) is 29.9 Å². The molecule has 0 unspecified atom stereocenters. The molecule has 0 aromatic heterocycles. The Morgan fingerprint density at radius 3 is 1.35 bits per heavy atom. The number of benzene rings is 6. The number of rotatable bonds is 18. The van der Waals surface area contributed by atoms with Crippen molar-refractivity contribution in [2.24, 2.45) is 30.7 Å². The van der Waals surface area contributed by atoms with Crippen LogP contribution in [0.2, 0.25) is 0 Å². The van der Waals surface area contributed by atoms with E-state index in [1.807, 2.05) is 56.3 Å². The fourth-order valence-electron chi connectivity index (χ4n) is 6.19. The number of aliphatic hydroxyl groups is 2. The number of azo groups is 3. The number of nitro benzene ring substituents is 2. The van der Waals surface area contributed by atoms with Crippen LogP contribution in [0.25, 0.3) is 4.98 Å². The monoisotopic (exact) mass is 925 g/mol. The Hall–Kier alpha value is -8.54. The zero-order chi connectivity index (χ0) is 49.4. The Balaban J connectivity index is 0.000000252. The highest BCUT2D eigenvalue weighted by molar-refractivity contribution is 5.66. The molecule has 0 aliphatic heterocycles. The molecule has 6 aromatic rings. The first-order valence-electron chi connectivity index (χ1n) is 21.2. The van der Waals surface area contributed by atoms with Crippen LogP contribution in [0.3, 0.4) is 0 Å². The van der Waals surface area contributed by atoms with Crippen molar-refractivity contribution in [2.45, 2.75) is 27.7 Å². The summed E-state index contributed by atoms with van der Waals surface area (Å²) in [6.45, 7) is 11.1. The molecule has 0 aliphatic rings. The van der Waals surface area contributed by atoms with Crippen LogP contribution in [0, 0.1) is 39.5 Å². The van der Waals surface area contributed by atoms with Gasteiger partial charge < -0.3 is 29.5 Å². The first kappa shape index (κ1) is 52.1. The summed E-state index contributed by atoms with van der Waals surface area (Å²) in [5.41, 5.74) is 7.38. The van der Waals surface area contributed by atoms with Gasteiger partial charge in [0.15, 0.2) is 4.98 Å². The number of nitro groups is 2. The van der Waals surface area contributed by atoms with E-state index < -0.39 is 9.85 Å². The average Bonchev–Trinajstić information content (AvgIpc) is 3.36. The van der Waals surface area contributed by atoms with E-state index in [1.165, 1.54) is 68.4 Å². The molecule has 0 heterocycles. The molecule has 20 heteroatoms. The Morgan fingerprint density at radius 2 is 0.956 bits per heavy atom. The van der Waals surface area contributed by atoms with Gasteiger partial charge in [0.25, 0.3) is 11.4 Å². The topological polar surface area (TPSA) is 254 Å². The van der Waals surface area contributed by atoms with Gasteiger partial charge in [-0.15, -0.1) is 5.11 Å². The molecule has 6 aromatic carbocycles. The van der Waals surface area contributed by atoms with Gasteiger partial charge in [-0.3, -0.25) is 20.2 Å². The maximum Gasteiger partial charge on any atom is 0.426 e. The summed E-state index contributed by atoms with van der Waals surface area (Å²) in [7, 11) is 2.99. The van der Waals surface area contributed by atoms with E-state index in [-0.39, 0.29) is 24.6 Å². The zero-order valence-electron chi connectivity index (χ0n) is 38.6. The molecule has 0 saturated heterocycles. The van der Waals surface area contributed by atoms with Crippen molar-refractivity contribution in [3.63, 3.8) is 0 Å². The SMILES string of the molecule is CCN(CCO)c1ccc(N=Nc2cc(C)c(N=Nc3ccc([N+](=O)[O-])cc3)cc2OC)cc1.CCN(CCO)c1ccccc1.COc1cc(N=Nc2ccc([N+](=O)[O-])cc2)c(C)cc1[N+]#N. The summed E-state index contributed by atoms with van der Waals surface area (Å²) in [6, 6.07) is 36.0. The van der Waals surface area contributed by atoms with Crippen molar-refractivity contribution < 1.29 is 29.5 Å². The number of nitrogens with zero attached hydrogens (tertiary/aromatic N) is 12. The van der Waals surface area contributed by atoms with Crippen molar-refractivity contribution in [3.8, 4) is 11.5 Å². The van der Waals surface area contributed by atoms with Crippen LogP contribution in [-0.4, -0.2) is 73.7 Å². The quantitative estimate of drug-likeness (QED) is 0.0354. The Labute approximate surface area is 393 Å². The normalized spacial score (nSPS) is 10.8. The number of aryl methyl sites for hydroxylation is 2. The number of likely N-dealkylation sites (N-methyl/N-ethyl adjacent to an activating group) is 2. The third kappa shape index (κ3) is 15.6. The van der Waals surface area contributed by atoms with Gasteiger partial charge in [0.05, 0.1) is 65.7 Å². The van der Waals surface area contributed by atoms with Crippen LogP contribution >= 0.6 is 0 Å². The molecule has 0 atom stereocenters. The molecule has 20 nitrogen and oxygen atoms in total. The molecule has 0 bridgehead atoms. The second-order valence-electron chi connectivity index (χ2n) is 14.3. The molecular formula is C48H53N12O8+. The van der Waals surface area contributed by atoms with Crippen molar-refractivity contribution in [2.75, 3.05) is 63.4 Å². The minimum Gasteiger partial charge on any atom is -0.494 e. The predicted molar refractivity (Wildman–Crippen MR) is 262 cm³/mol. The highest BCUT2D eigenvalue weighted by atomic mass is 16.6. The van der Waals surface area contributed by atoms with Crippen LogP contribution in [0.1, 0.15) is 25.0 Å². The van der Waals surface area contributed by atoms with E-state index in [1.54, 1.807) is 31.2 Å². The molecule has 0 saturated carbocycles. The standard InChI is InChI=1S/C24H26N6O4.C14H12N5O3.C10H15NO/c1-4-29(13-14-31)20-9-5-18(6-10-20)26-28-23-15-17(2)22(16-24(23)34-3)27-25-19-7-11-21(12-8-19)30(32)33;1-9-7-13(16-15)14(22-2)8-12(9)18-17-10-3-5-11(6-4-10)19(20)21;1-2-11(8-9-12)10-6-4-3-5-7-10/h5-12,15-16,31H,4,13-14H2,1-3H3;3-8H,1-2H3;3-7,12H,2,8-9H2,1H3/q;+1;. The van der Waals surface area contributed by atoms with Gasteiger partial charge in [0.2, 0.25) is 11.1 Å². The van der Waals surface area contributed by atoms with Gasteiger partial charge in [-0.1, -0.05) is 18.2 Å². The van der Waals surface area contributed by atoms with Crippen LogP contribution < -0.4 is 19.3 Å². The second-order valence-corrected chi connectivity index (χ2v) is 14.3. The third-order valence-electron chi connectivity index (χ3n) is 9.88. The number of hydrogen-bond donors (Lipinski definition) is 2. The molecule has 2 N–H and O–H groups in total. The maximum atomic E-state index is 10.8. The van der Waals surface area contributed by atoms with Gasteiger partial charge >= 0.3 is 5.69 Å². The van der Waals surface area contributed by atoms with E-state index in [9.17, 15) is 25.3 Å². The fourth-order valence-corrected chi connectivity index (χ4v) is 6.19. The lowest BCUT2D eigenvalue weighted by molar-refractivity contribution is -0.385. The molecule has 0 amide bonds.